The van der Waals surface area contributed by atoms with Crippen molar-refractivity contribution in [1.82, 2.24) is 4.90 Å². The zero-order valence-corrected chi connectivity index (χ0v) is 12.1. The van der Waals surface area contributed by atoms with Gasteiger partial charge in [-0.1, -0.05) is 6.92 Å². The second kappa shape index (κ2) is 6.86. The molecule has 0 saturated carbocycles. The summed E-state index contributed by atoms with van der Waals surface area (Å²) >= 11 is 1.83. The fourth-order valence-corrected chi connectivity index (χ4v) is 4.07. The van der Waals surface area contributed by atoms with E-state index in [0.29, 0.717) is 18.4 Å². The van der Waals surface area contributed by atoms with Crippen LogP contribution in [0.15, 0.2) is 0 Å². The van der Waals surface area contributed by atoms with Crippen LogP contribution in [0.1, 0.15) is 32.6 Å². The molecule has 2 aliphatic heterocycles. The van der Waals surface area contributed by atoms with E-state index in [1.807, 2.05) is 11.8 Å². The number of hydrogen-bond acceptors (Lipinski definition) is 3. The number of carbonyl (C=O) groups is 1. The molecule has 2 saturated heterocycles. The summed E-state index contributed by atoms with van der Waals surface area (Å²) in [6.07, 6.45) is 4.60. The van der Waals surface area contributed by atoms with E-state index in [0.717, 1.165) is 25.1 Å². The van der Waals surface area contributed by atoms with E-state index in [2.05, 4.69) is 11.8 Å². The van der Waals surface area contributed by atoms with Crippen LogP contribution < -0.4 is 5.73 Å². The Hall–Kier alpha value is 0.0700. The van der Waals surface area contributed by atoms with Crippen molar-refractivity contribution < 1.29 is 4.79 Å². The van der Waals surface area contributed by atoms with Crippen molar-refractivity contribution in [1.29, 1.82) is 0 Å². The summed E-state index contributed by atoms with van der Waals surface area (Å²) in [7, 11) is 0. The van der Waals surface area contributed by atoms with Crippen molar-refractivity contribution in [2.45, 2.75) is 43.9 Å². The highest BCUT2D eigenvalue weighted by molar-refractivity contribution is 8.00. The van der Waals surface area contributed by atoms with Crippen LogP contribution >= 0.6 is 24.2 Å². The summed E-state index contributed by atoms with van der Waals surface area (Å²) in [6.45, 7) is 3.76. The minimum atomic E-state index is 0. The lowest BCUT2D eigenvalue weighted by molar-refractivity contribution is -0.135. The van der Waals surface area contributed by atoms with Gasteiger partial charge in [-0.3, -0.25) is 4.79 Å². The summed E-state index contributed by atoms with van der Waals surface area (Å²) < 4.78 is 0. The minimum Gasteiger partial charge on any atom is -0.337 e. The quantitative estimate of drug-likeness (QED) is 0.839. The van der Waals surface area contributed by atoms with Gasteiger partial charge in [0.25, 0.3) is 0 Å². The molecule has 100 valence electrons. The molecule has 1 amide bonds. The van der Waals surface area contributed by atoms with Crippen molar-refractivity contribution >= 4 is 30.1 Å². The molecule has 0 spiro atoms. The van der Waals surface area contributed by atoms with Crippen molar-refractivity contribution in [2.24, 2.45) is 11.7 Å². The highest BCUT2D eigenvalue weighted by atomic mass is 35.5. The molecule has 2 N–H and O–H groups in total. The Labute approximate surface area is 114 Å². The molecule has 0 radical (unpaired) electrons. The van der Waals surface area contributed by atoms with E-state index in [9.17, 15) is 4.79 Å². The van der Waals surface area contributed by atoms with E-state index in [1.54, 1.807) is 0 Å². The van der Waals surface area contributed by atoms with Crippen LogP contribution in [0.5, 0.6) is 0 Å². The molecule has 0 aliphatic carbocycles. The van der Waals surface area contributed by atoms with Gasteiger partial charge in [-0.05, 0) is 37.4 Å². The largest absolute Gasteiger partial charge is 0.337 e. The van der Waals surface area contributed by atoms with Gasteiger partial charge < -0.3 is 10.6 Å². The maximum absolute atomic E-state index is 12.4. The summed E-state index contributed by atoms with van der Waals surface area (Å²) in [5, 5.41) is 0.222. The Morgan fingerprint density at radius 3 is 2.76 bits per heavy atom. The third-order valence-corrected chi connectivity index (χ3v) is 5.21. The number of piperidine rings is 1. The first-order chi connectivity index (χ1) is 7.74. The number of hydrogen-bond donors (Lipinski definition) is 1. The van der Waals surface area contributed by atoms with Crippen molar-refractivity contribution in [3.05, 3.63) is 0 Å². The molecule has 0 aromatic heterocycles. The van der Waals surface area contributed by atoms with Crippen molar-refractivity contribution in [3.63, 3.8) is 0 Å². The number of halogens is 1. The van der Waals surface area contributed by atoms with Crippen molar-refractivity contribution in [3.8, 4) is 0 Å². The molecule has 0 bridgehead atoms. The molecular weight excluding hydrogens is 256 g/mol. The SMILES string of the molecule is CC1CCCN(C(=O)C2CCCS2)C1CN.Cl. The Bertz CT molecular complexity index is 259. The molecular formula is C12H23ClN2OS. The van der Waals surface area contributed by atoms with Crippen LogP contribution in [0.4, 0.5) is 0 Å². The average Bonchev–Trinajstić information content (AvgIpc) is 2.81. The normalized spacial score (nSPS) is 33.3. The van der Waals surface area contributed by atoms with Gasteiger partial charge in [-0.25, -0.2) is 0 Å². The third-order valence-electron chi connectivity index (χ3n) is 3.85. The van der Waals surface area contributed by atoms with Gasteiger partial charge in [0, 0.05) is 19.1 Å². The first kappa shape index (κ1) is 15.1. The molecule has 2 rings (SSSR count). The predicted octanol–water partition coefficient (Wildman–Crippen LogP) is 1.89. The number of nitrogens with zero attached hydrogens (tertiary/aromatic N) is 1. The van der Waals surface area contributed by atoms with Gasteiger partial charge in [0.1, 0.15) is 0 Å². The van der Waals surface area contributed by atoms with Gasteiger partial charge in [0.2, 0.25) is 5.91 Å². The van der Waals surface area contributed by atoms with E-state index < -0.39 is 0 Å². The molecule has 2 heterocycles. The summed E-state index contributed by atoms with van der Waals surface area (Å²) in [4.78, 5) is 14.4. The predicted molar refractivity (Wildman–Crippen MR) is 75.7 cm³/mol. The Morgan fingerprint density at radius 2 is 2.18 bits per heavy atom. The van der Waals surface area contributed by atoms with Gasteiger partial charge in [-0.15, -0.1) is 24.2 Å². The number of nitrogens with two attached hydrogens (primary N) is 1. The van der Waals surface area contributed by atoms with Crippen LogP contribution in [-0.4, -0.2) is 40.9 Å². The average molecular weight is 279 g/mol. The lowest BCUT2D eigenvalue weighted by Gasteiger charge is -2.40. The standard InChI is InChI=1S/C12H22N2OS.ClH/c1-9-4-2-6-14(10(9)8-13)12(15)11-5-3-7-16-11;/h9-11H,2-8,13H2,1H3;1H. The topological polar surface area (TPSA) is 46.3 Å². The first-order valence-corrected chi connectivity index (χ1v) is 7.41. The number of amides is 1. The molecule has 3 atom stereocenters. The van der Waals surface area contributed by atoms with Crippen molar-refractivity contribution in [2.75, 3.05) is 18.8 Å². The van der Waals surface area contributed by atoms with Gasteiger partial charge in [-0.2, -0.15) is 0 Å². The molecule has 0 aromatic rings. The monoisotopic (exact) mass is 278 g/mol. The van der Waals surface area contributed by atoms with Crippen LogP contribution in [0.3, 0.4) is 0 Å². The Kier molecular flexibility index (Phi) is 6.10. The van der Waals surface area contributed by atoms with E-state index in [-0.39, 0.29) is 23.7 Å². The fraction of sp³-hybridized carbons (Fsp3) is 0.917. The summed E-state index contributed by atoms with van der Waals surface area (Å²) in [6, 6.07) is 0.280. The molecule has 3 nitrogen and oxygen atoms in total. The molecule has 17 heavy (non-hydrogen) atoms. The van der Waals surface area contributed by atoms with Gasteiger partial charge in [0.05, 0.1) is 5.25 Å². The lowest BCUT2D eigenvalue weighted by atomic mass is 9.90. The van der Waals surface area contributed by atoms with Gasteiger partial charge in [0.15, 0.2) is 0 Å². The Morgan fingerprint density at radius 1 is 1.41 bits per heavy atom. The van der Waals surface area contributed by atoms with E-state index >= 15 is 0 Å². The van der Waals surface area contributed by atoms with Gasteiger partial charge >= 0.3 is 0 Å². The van der Waals surface area contributed by atoms with Crippen LogP contribution in [0.25, 0.3) is 0 Å². The summed E-state index contributed by atoms with van der Waals surface area (Å²) in [5.74, 6) is 2.06. The third kappa shape index (κ3) is 3.30. The number of thioether (sulfide) groups is 1. The van der Waals surface area contributed by atoms with E-state index in [4.69, 9.17) is 5.73 Å². The minimum absolute atomic E-state index is 0. The first-order valence-electron chi connectivity index (χ1n) is 6.36. The highest BCUT2D eigenvalue weighted by Gasteiger charge is 2.35. The van der Waals surface area contributed by atoms with Crippen LogP contribution in [0.2, 0.25) is 0 Å². The number of carbonyl (C=O) groups excluding carboxylic acids is 1. The molecule has 2 aliphatic rings. The highest BCUT2D eigenvalue weighted by Crippen LogP contribution is 2.31. The maximum Gasteiger partial charge on any atom is 0.235 e. The van der Waals surface area contributed by atoms with Crippen LogP contribution in [0, 0.1) is 5.92 Å². The molecule has 0 aromatic carbocycles. The zero-order chi connectivity index (χ0) is 11.5. The number of rotatable bonds is 2. The maximum atomic E-state index is 12.4. The van der Waals surface area contributed by atoms with Crippen LogP contribution in [-0.2, 0) is 4.79 Å². The molecule has 2 fully saturated rings. The second-order valence-corrected chi connectivity index (χ2v) is 6.27. The molecule has 5 heteroatoms. The lowest BCUT2D eigenvalue weighted by Crippen LogP contribution is -2.53. The fourth-order valence-electron chi connectivity index (χ4n) is 2.84. The Balaban J connectivity index is 0.00000144. The smallest absolute Gasteiger partial charge is 0.235 e. The summed E-state index contributed by atoms with van der Waals surface area (Å²) in [5.41, 5.74) is 5.82. The number of likely N-dealkylation sites (tertiary alicyclic amines) is 1. The van der Waals surface area contributed by atoms with E-state index in [1.165, 1.54) is 12.8 Å². The molecule has 3 unspecified atom stereocenters. The second-order valence-electron chi connectivity index (χ2n) is 4.96. The zero-order valence-electron chi connectivity index (χ0n) is 10.4.